The van der Waals surface area contributed by atoms with Crippen LogP contribution in [0.3, 0.4) is 0 Å². The summed E-state index contributed by atoms with van der Waals surface area (Å²) >= 11 is 0. The molecule has 0 aliphatic carbocycles. The Morgan fingerprint density at radius 3 is 2.58 bits per heavy atom. The molecule has 7 heteroatoms. The smallest absolute Gasteiger partial charge is 0.269 e. The van der Waals surface area contributed by atoms with Crippen molar-refractivity contribution in [2.24, 2.45) is 0 Å². The van der Waals surface area contributed by atoms with Gasteiger partial charge in [0.15, 0.2) is 9.84 Å². The van der Waals surface area contributed by atoms with Crippen molar-refractivity contribution >= 4 is 21.4 Å². The van der Waals surface area contributed by atoms with E-state index in [1.54, 1.807) is 26.0 Å². The maximum Gasteiger partial charge on any atom is 0.269 e. The fourth-order valence-electron chi connectivity index (χ4n) is 1.24. The number of sulfone groups is 1. The summed E-state index contributed by atoms with van der Waals surface area (Å²) in [5, 5.41) is 5.49. The van der Waals surface area contributed by atoms with E-state index < -0.39 is 14.6 Å². The highest BCUT2D eigenvalue weighted by Crippen LogP contribution is 2.17. The average molecular weight is 285 g/mol. The fourth-order valence-corrected chi connectivity index (χ4v) is 1.57. The van der Waals surface area contributed by atoms with Gasteiger partial charge in [0.1, 0.15) is 5.69 Å². The van der Waals surface area contributed by atoms with Gasteiger partial charge in [-0.1, -0.05) is 0 Å². The van der Waals surface area contributed by atoms with Gasteiger partial charge in [0.25, 0.3) is 5.91 Å². The van der Waals surface area contributed by atoms with Crippen molar-refractivity contribution in [1.82, 2.24) is 10.3 Å². The van der Waals surface area contributed by atoms with Crippen molar-refractivity contribution in [3.05, 3.63) is 24.0 Å². The topological polar surface area (TPSA) is 88.2 Å². The minimum Gasteiger partial charge on any atom is -0.383 e. The number of carbonyl (C=O) groups excluding carboxylic acids is 1. The van der Waals surface area contributed by atoms with Crippen LogP contribution in [0, 0.1) is 0 Å². The lowest BCUT2D eigenvalue weighted by Crippen LogP contribution is -2.38. The Hall–Kier alpha value is -1.63. The Balaban J connectivity index is 2.82. The zero-order valence-corrected chi connectivity index (χ0v) is 12.3. The van der Waals surface area contributed by atoms with Crippen LogP contribution in [-0.2, 0) is 9.84 Å². The molecular weight excluding hydrogens is 266 g/mol. The zero-order valence-electron chi connectivity index (χ0n) is 11.5. The molecule has 1 amide bonds. The summed E-state index contributed by atoms with van der Waals surface area (Å²) in [5.74, 6) is -0.286. The molecule has 1 aromatic heterocycles. The lowest BCUT2D eigenvalue weighted by atomic mass is 10.2. The van der Waals surface area contributed by atoms with Crippen molar-refractivity contribution in [1.29, 1.82) is 0 Å². The molecule has 6 nitrogen and oxygen atoms in total. The van der Waals surface area contributed by atoms with Crippen LogP contribution in [0.25, 0.3) is 0 Å². The molecule has 0 unspecified atom stereocenters. The Bertz CT molecular complexity index is 567. The highest BCUT2D eigenvalue weighted by Gasteiger charge is 2.29. The third kappa shape index (κ3) is 3.92. The number of nitrogens with one attached hydrogen (secondary N) is 2. The van der Waals surface area contributed by atoms with Gasteiger partial charge in [-0.15, -0.1) is 0 Å². The second kappa shape index (κ2) is 5.56. The number of anilines is 1. The molecule has 0 aliphatic rings. The summed E-state index contributed by atoms with van der Waals surface area (Å²) in [4.78, 5) is 15.4. The van der Waals surface area contributed by atoms with E-state index in [1.807, 2.05) is 0 Å². The minimum atomic E-state index is -3.16. The van der Waals surface area contributed by atoms with Crippen molar-refractivity contribution in [3.63, 3.8) is 0 Å². The molecule has 19 heavy (non-hydrogen) atoms. The van der Waals surface area contributed by atoms with Gasteiger partial charge >= 0.3 is 0 Å². The molecule has 0 fully saturated rings. The molecule has 0 spiro atoms. The molecule has 1 rings (SSSR count). The summed E-state index contributed by atoms with van der Waals surface area (Å²) in [6, 6.07) is 3.27. The number of hydrogen-bond acceptors (Lipinski definition) is 5. The van der Waals surface area contributed by atoms with Gasteiger partial charge in [-0.25, -0.2) is 8.42 Å². The second-order valence-corrected chi connectivity index (χ2v) is 7.54. The van der Waals surface area contributed by atoms with Gasteiger partial charge in [-0.05, 0) is 26.0 Å². The fraction of sp³-hybridized carbons (Fsp3) is 0.500. The normalized spacial score (nSPS) is 12.0. The Morgan fingerprint density at radius 1 is 1.42 bits per heavy atom. The molecule has 106 valence electrons. The van der Waals surface area contributed by atoms with Crippen LogP contribution in [0.4, 0.5) is 5.69 Å². The summed E-state index contributed by atoms with van der Waals surface area (Å²) < 4.78 is 22.3. The molecule has 0 saturated heterocycles. The maximum absolute atomic E-state index is 11.6. The number of nitrogens with zero attached hydrogens (tertiary/aromatic N) is 1. The first-order valence-corrected chi connectivity index (χ1v) is 7.68. The quantitative estimate of drug-likeness (QED) is 0.830. The summed E-state index contributed by atoms with van der Waals surface area (Å²) in [5.41, 5.74) is 0.940. The number of carbonyl (C=O) groups is 1. The van der Waals surface area contributed by atoms with E-state index in [1.165, 1.54) is 19.5 Å². The van der Waals surface area contributed by atoms with Crippen LogP contribution in [0.2, 0.25) is 0 Å². The van der Waals surface area contributed by atoms with E-state index in [4.69, 9.17) is 0 Å². The van der Waals surface area contributed by atoms with Crippen LogP contribution in [0.1, 0.15) is 24.3 Å². The standard InChI is InChI=1S/C12H19N3O3S/c1-12(2,19(4,17)18)8-15-9-5-6-14-10(7-9)11(16)13-3/h5-7H,8H2,1-4H3,(H,13,16)(H,14,15). The van der Waals surface area contributed by atoms with Crippen molar-refractivity contribution < 1.29 is 13.2 Å². The van der Waals surface area contributed by atoms with Crippen molar-refractivity contribution in [2.45, 2.75) is 18.6 Å². The van der Waals surface area contributed by atoms with E-state index in [0.29, 0.717) is 5.69 Å². The van der Waals surface area contributed by atoms with Crippen LogP contribution in [-0.4, -0.2) is 43.9 Å². The lowest BCUT2D eigenvalue weighted by Gasteiger charge is -2.23. The largest absolute Gasteiger partial charge is 0.383 e. The molecule has 0 aromatic carbocycles. The molecule has 0 atom stereocenters. The molecule has 0 radical (unpaired) electrons. The van der Waals surface area contributed by atoms with E-state index in [9.17, 15) is 13.2 Å². The summed E-state index contributed by atoms with van der Waals surface area (Å²) in [6.07, 6.45) is 2.71. The molecule has 0 saturated carbocycles. The second-order valence-electron chi connectivity index (χ2n) is 4.89. The van der Waals surface area contributed by atoms with E-state index in [-0.39, 0.29) is 18.1 Å². The molecule has 0 aliphatic heterocycles. The van der Waals surface area contributed by atoms with Gasteiger partial charge in [0, 0.05) is 31.7 Å². The number of pyridine rings is 1. The number of aromatic nitrogens is 1. The zero-order chi connectivity index (χ0) is 14.7. The first-order chi connectivity index (χ1) is 8.67. The average Bonchev–Trinajstić information content (AvgIpc) is 2.34. The molecule has 0 bridgehead atoms. The maximum atomic E-state index is 11.6. The lowest BCUT2D eigenvalue weighted by molar-refractivity contribution is 0.0958. The third-order valence-electron chi connectivity index (χ3n) is 2.94. The van der Waals surface area contributed by atoms with Gasteiger partial charge in [0.2, 0.25) is 0 Å². The van der Waals surface area contributed by atoms with Gasteiger partial charge in [-0.3, -0.25) is 9.78 Å². The van der Waals surface area contributed by atoms with E-state index >= 15 is 0 Å². The Labute approximate surface area is 113 Å². The number of rotatable bonds is 5. The summed E-state index contributed by atoms with van der Waals surface area (Å²) in [7, 11) is -1.64. The first kappa shape index (κ1) is 15.4. The molecule has 1 aromatic rings. The number of hydrogen-bond donors (Lipinski definition) is 2. The summed E-state index contributed by atoms with van der Waals surface area (Å²) in [6.45, 7) is 3.55. The van der Waals surface area contributed by atoms with Gasteiger partial charge < -0.3 is 10.6 Å². The molecule has 2 N–H and O–H groups in total. The predicted molar refractivity (Wildman–Crippen MR) is 75.0 cm³/mol. The van der Waals surface area contributed by atoms with Crippen LogP contribution in [0.5, 0.6) is 0 Å². The van der Waals surface area contributed by atoms with Crippen LogP contribution < -0.4 is 10.6 Å². The SMILES string of the molecule is CNC(=O)c1cc(NCC(C)(C)S(C)(=O)=O)ccn1. The first-order valence-electron chi connectivity index (χ1n) is 5.79. The Kier molecular flexibility index (Phi) is 4.52. The van der Waals surface area contributed by atoms with Gasteiger partial charge in [0.05, 0.1) is 4.75 Å². The molecular formula is C12H19N3O3S. The van der Waals surface area contributed by atoms with E-state index in [2.05, 4.69) is 15.6 Å². The van der Waals surface area contributed by atoms with Crippen molar-refractivity contribution in [2.75, 3.05) is 25.2 Å². The molecule has 1 heterocycles. The highest BCUT2D eigenvalue weighted by atomic mass is 32.2. The highest BCUT2D eigenvalue weighted by molar-refractivity contribution is 7.92. The van der Waals surface area contributed by atoms with E-state index in [0.717, 1.165) is 0 Å². The third-order valence-corrected chi connectivity index (χ3v) is 5.09. The van der Waals surface area contributed by atoms with Gasteiger partial charge in [-0.2, -0.15) is 0 Å². The van der Waals surface area contributed by atoms with Crippen LogP contribution in [0.15, 0.2) is 18.3 Å². The predicted octanol–water partition coefficient (Wildman–Crippen LogP) is 0.676. The van der Waals surface area contributed by atoms with Crippen LogP contribution >= 0.6 is 0 Å². The van der Waals surface area contributed by atoms with Crippen molar-refractivity contribution in [3.8, 4) is 0 Å². The number of amides is 1. The Morgan fingerprint density at radius 2 is 2.05 bits per heavy atom. The minimum absolute atomic E-state index is 0.253. The monoisotopic (exact) mass is 285 g/mol.